The minimum absolute atomic E-state index is 0.0846. The fraction of sp³-hybridized carbons (Fsp3) is 0.286. The van der Waals surface area contributed by atoms with Crippen LogP contribution in [-0.4, -0.2) is 34.8 Å². The van der Waals surface area contributed by atoms with Crippen molar-refractivity contribution in [1.82, 2.24) is 0 Å². The maximum atomic E-state index is 12.5. The maximum absolute atomic E-state index is 12.5. The number of phenolic OH excluding ortho intramolecular Hbond substituents is 1. The molecule has 0 aliphatic carbocycles. The van der Waals surface area contributed by atoms with Crippen molar-refractivity contribution >= 4 is 11.9 Å². The van der Waals surface area contributed by atoms with Crippen molar-refractivity contribution in [3.63, 3.8) is 0 Å². The van der Waals surface area contributed by atoms with Crippen molar-refractivity contribution in [3.05, 3.63) is 59.2 Å². The van der Waals surface area contributed by atoms with Gasteiger partial charge in [-0.3, -0.25) is 4.79 Å². The molecule has 0 radical (unpaired) electrons. The van der Waals surface area contributed by atoms with Crippen LogP contribution in [-0.2, 0) is 6.42 Å². The minimum atomic E-state index is -1.04. The molecule has 0 fully saturated rings. The molecule has 0 aromatic heterocycles. The van der Waals surface area contributed by atoms with E-state index in [-0.39, 0.29) is 17.1 Å². The summed E-state index contributed by atoms with van der Waals surface area (Å²) in [6, 6.07) is 10.5. The molecule has 1 aliphatic heterocycles. The molecule has 136 valence electrons. The third-order valence-corrected chi connectivity index (χ3v) is 4.49. The van der Waals surface area contributed by atoms with E-state index in [4.69, 9.17) is 9.47 Å². The summed E-state index contributed by atoms with van der Waals surface area (Å²) < 4.78 is 10.8. The molecule has 3 rings (SSSR count). The van der Waals surface area contributed by atoms with Gasteiger partial charge in [-0.25, -0.2) is 0 Å². The van der Waals surface area contributed by atoms with Crippen LogP contribution in [0, 0.1) is 0 Å². The first kappa shape index (κ1) is 18.0. The van der Waals surface area contributed by atoms with E-state index in [9.17, 15) is 15.0 Å². The Morgan fingerprint density at radius 2 is 1.92 bits per heavy atom. The Labute approximate surface area is 152 Å². The zero-order chi connectivity index (χ0) is 18.9. The standard InChI is InChI=1S/C21H22O5/c1-21(2,24)19-12-16-18(26-19)11-9-15(20(16)23)17(22)10-6-13-4-7-14(25-3)8-5-13/h4-11,19,23-24H,12H2,1-3H3/b10-6+. The van der Waals surface area contributed by atoms with Crippen LogP contribution in [0.5, 0.6) is 17.2 Å². The number of aliphatic hydroxyl groups is 1. The van der Waals surface area contributed by atoms with Gasteiger partial charge in [0.05, 0.1) is 18.3 Å². The predicted molar refractivity (Wildman–Crippen MR) is 98.9 cm³/mol. The summed E-state index contributed by atoms with van der Waals surface area (Å²) in [7, 11) is 1.59. The highest BCUT2D eigenvalue weighted by atomic mass is 16.5. The van der Waals surface area contributed by atoms with E-state index in [0.717, 1.165) is 11.3 Å². The SMILES string of the molecule is COc1ccc(/C=C/C(=O)c2ccc3c(c2O)CC(C(C)(C)O)O3)cc1. The van der Waals surface area contributed by atoms with Crippen molar-refractivity contribution in [2.75, 3.05) is 7.11 Å². The van der Waals surface area contributed by atoms with Gasteiger partial charge in [-0.2, -0.15) is 0 Å². The molecule has 0 spiro atoms. The van der Waals surface area contributed by atoms with E-state index in [1.54, 1.807) is 39.2 Å². The number of rotatable bonds is 5. The normalized spacial score (nSPS) is 16.4. The second-order valence-corrected chi connectivity index (χ2v) is 6.87. The van der Waals surface area contributed by atoms with Crippen LogP contribution in [0.15, 0.2) is 42.5 Å². The van der Waals surface area contributed by atoms with Gasteiger partial charge in [-0.15, -0.1) is 0 Å². The van der Waals surface area contributed by atoms with Gasteiger partial charge in [0.1, 0.15) is 23.4 Å². The van der Waals surface area contributed by atoms with E-state index >= 15 is 0 Å². The Morgan fingerprint density at radius 1 is 1.23 bits per heavy atom. The molecule has 0 saturated carbocycles. The Balaban J connectivity index is 1.80. The fourth-order valence-corrected chi connectivity index (χ4v) is 2.88. The van der Waals surface area contributed by atoms with Crippen molar-refractivity contribution in [2.45, 2.75) is 32.0 Å². The molecule has 1 atom stereocenters. The van der Waals surface area contributed by atoms with Gasteiger partial charge in [0.25, 0.3) is 0 Å². The maximum Gasteiger partial charge on any atom is 0.189 e. The van der Waals surface area contributed by atoms with Crippen LogP contribution in [0.2, 0.25) is 0 Å². The molecular weight excluding hydrogens is 332 g/mol. The van der Waals surface area contributed by atoms with Crippen LogP contribution in [0.25, 0.3) is 6.08 Å². The monoisotopic (exact) mass is 354 g/mol. The summed E-state index contributed by atoms with van der Waals surface area (Å²) in [5.74, 6) is 0.864. The number of methoxy groups -OCH3 is 1. The molecule has 0 amide bonds. The van der Waals surface area contributed by atoms with Gasteiger partial charge in [0, 0.05) is 12.0 Å². The number of ketones is 1. The zero-order valence-electron chi connectivity index (χ0n) is 15.0. The Morgan fingerprint density at radius 3 is 2.54 bits per heavy atom. The van der Waals surface area contributed by atoms with Crippen molar-refractivity contribution in [1.29, 1.82) is 0 Å². The number of ether oxygens (including phenoxy) is 2. The number of allylic oxidation sites excluding steroid dienone is 1. The van der Waals surface area contributed by atoms with E-state index < -0.39 is 11.7 Å². The lowest BCUT2D eigenvalue weighted by Gasteiger charge is -2.24. The summed E-state index contributed by atoms with van der Waals surface area (Å²) in [4.78, 5) is 12.5. The second kappa shape index (κ2) is 6.84. The summed E-state index contributed by atoms with van der Waals surface area (Å²) in [5.41, 5.74) is 0.587. The lowest BCUT2D eigenvalue weighted by molar-refractivity contribution is -0.0229. The zero-order valence-corrected chi connectivity index (χ0v) is 15.0. The number of hydrogen-bond acceptors (Lipinski definition) is 5. The minimum Gasteiger partial charge on any atom is -0.507 e. The predicted octanol–water partition coefficient (Wildman–Crippen LogP) is 3.37. The highest BCUT2D eigenvalue weighted by molar-refractivity contribution is 6.09. The Hall–Kier alpha value is -2.79. The number of aromatic hydroxyl groups is 1. The van der Waals surface area contributed by atoms with Crippen LogP contribution >= 0.6 is 0 Å². The molecular formula is C21H22O5. The molecule has 2 aromatic rings. The topological polar surface area (TPSA) is 76.0 Å². The van der Waals surface area contributed by atoms with Crippen molar-refractivity contribution in [3.8, 4) is 17.2 Å². The summed E-state index contributed by atoms with van der Waals surface area (Å²) in [6.45, 7) is 3.31. The molecule has 5 heteroatoms. The lowest BCUT2D eigenvalue weighted by Crippen LogP contribution is -2.39. The summed E-state index contributed by atoms with van der Waals surface area (Å²) >= 11 is 0. The van der Waals surface area contributed by atoms with Gasteiger partial charge in [-0.1, -0.05) is 18.2 Å². The Bertz CT molecular complexity index is 844. The van der Waals surface area contributed by atoms with Gasteiger partial charge in [0.2, 0.25) is 0 Å². The smallest absolute Gasteiger partial charge is 0.189 e. The third kappa shape index (κ3) is 3.58. The van der Waals surface area contributed by atoms with E-state index in [1.807, 2.05) is 24.3 Å². The fourth-order valence-electron chi connectivity index (χ4n) is 2.88. The number of hydrogen-bond donors (Lipinski definition) is 2. The van der Waals surface area contributed by atoms with Crippen molar-refractivity contribution in [2.24, 2.45) is 0 Å². The van der Waals surface area contributed by atoms with E-state index in [2.05, 4.69) is 0 Å². The van der Waals surface area contributed by atoms with Gasteiger partial charge in [-0.05, 0) is 49.8 Å². The number of carbonyl (C=O) groups is 1. The van der Waals surface area contributed by atoms with Crippen LogP contribution < -0.4 is 9.47 Å². The lowest BCUT2D eigenvalue weighted by atomic mass is 9.95. The van der Waals surface area contributed by atoms with Crippen molar-refractivity contribution < 1.29 is 24.5 Å². The molecule has 0 bridgehead atoms. The highest BCUT2D eigenvalue weighted by Crippen LogP contribution is 2.40. The number of fused-ring (bicyclic) bond motifs is 1. The summed E-state index contributed by atoms with van der Waals surface area (Å²) in [5, 5.41) is 20.6. The first-order chi connectivity index (χ1) is 12.3. The van der Waals surface area contributed by atoms with Gasteiger partial charge in [0.15, 0.2) is 5.78 Å². The van der Waals surface area contributed by atoms with Gasteiger partial charge >= 0.3 is 0 Å². The average Bonchev–Trinajstić information content (AvgIpc) is 3.06. The Kier molecular flexibility index (Phi) is 4.74. The second-order valence-electron chi connectivity index (χ2n) is 6.87. The molecule has 2 N–H and O–H groups in total. The van der Waals surface area contributed by atoms with Crippen LogP contribution in [0.4, 0.5) is 0 Å². The number of phenols is 1. The molecule has 2 aromatic carbocycles. The first-order valence-corrected chi connectivity index (χ1v) is 8.40. The summed E-state index contributed by atoms with van der Waals surface area (Å²) in [6.07, 6.45) is 3.01. The average molecular weight is 354 g/mol. The van der Waals surface area contributed by atoms with Crippen LogP contribution in [0.1, 0.15) is 35.3 Å². The number of carbonyl (C=O) groups excluding carboxylic acids is 1. The molecule has 26 heavy (non-hydrogen) atoms. The third-order valence-electron chi connectivity index (χ3n) is 4.49. The molecule has 1 heterocycles. The van der Waals surface area contributed by atoms with Gasteiger partial charge < -0.3 is 19.7 Å². The number of benzene rings is 2. The largest absolute Gasteiger partial charge is 0.507 e. The van der Waals surface area contributed by atoms with E-state index in [1.165, 1.54) is 6.08 Å². The highest BCUT2D eigenvalue weighted by Gasteiger charge is 2.37. The molecule has 1 aliphatic rings. The molecule has 1 unspecified atom stereocenters. The molecule has 5 nitrogen and oxygen atoms in total. The quantitative estimate of drug-likeness (QED) is 0.636. The first-order valence-electron chi connectivity index (χ1n) is 8.40. The molecule has 0 saturated heterocycles. The van der Waals surface area contributed by atoms with E-state index in [0.29, 0.717) is 17.7 Å². The van der Waals surface area contributed by atoms with Crippen LogP contribution in [0.3, 0.4) is 0 Å².